The van der Waals surface area contributed by atoms with Crippen LogP contribution in [0.2, 0.25) is 0 Å². The van der Waals surface area contributed by atoms with E-state index in [1.807, 2.05) is 62.4 Å². The Hall–Kier alpha value is -3.08. The molecule has 126 valence electrons. The van der Waals surface area contributed by atoms with Crippen molar-refractivity contribution in [1.82, 2.24) is 9.99 Å². The Morgan fingerprint density at radius 3 is 2.72 bits per heavy atom. The standard InChI is InChI=1S/C20H19N3O2/c1-12-7-6-8-15(11-12)19-22-23(14(3)24)20(25-19)18-13(2)21-17-10-5-4-9-16(17)18/h4-11,20-21H,1-3H3/t20-/m0/s1. The van der Waals surface area contributed by atoms with Gasteiger partial charge in [-0.05, 0) is 32.0 Å². The fraction of sp³-hybridized carbons (Fsp3) is 0.200. The van der Waals surface area contributed by atoms with Crippen molar-refractivity contribution >= 4 is 22.7 Å². The summed E-state index contributed by atoms with van der Waals surface area (Å²) in [6, 6.07) is 15.9. The van der Waals surface area contributed by atoms with Crippen LogP contribution in [0.4, 0.5) is 0 Å². The van der Waals surface area contributed by atoms with Crippen LogP contribution in [0.5, 0.6) is 0 Å². The molecule has 1 amide bonds. The normalized spacial score (nSPS) is 16.8. The lowest BCUT2D eigenvalue weighted by Gasteiger charge is -2.19. The van der Waals surface area contributed by atoms with Crippen LogP contribution in [0.1, 0.15) is 35.5 Å². The molecule has 2 heterocycles. The summed E-state index contributed by atoms with van der Waals surface area (Å²) in [5.74, 6) is 0.311. The number of hydrogen-bond acceptors (Lipinski definition) is 3. The number of fused-ring (bicyclic) bond motifs is 1. The Morgan fingerprint density at radius 1 is 1.16 bits per heavy atom. The summed E-state index contributed by atoms with van der Waals surface area (Å²) in [6.07, 6.45) is -0.566. The first-order chi connectivity index (χ1) is 12.0. The number of hydrazone groups is 1. The molecule has 1 N–H and O–H groups in total. The number of nitrogens with one attached hydrogen (secondary N) is 1. The molecule has 1 aliphatic rings. The summed E-state index contributed by atoms with van der Waals surface area (Å²) in [7, 11) is 0. The van der Waals surface area contributed by atoms with Gasteiger partial charge in [0.1, 0.15) is 0 Å². The SMILES string of the molecule is CC(=O)N1N=C(c2cccc(C)c2)O[C@H]1c1c(C)[nH]c2ccccc12. The third kappa shape index (κ3) is 2.58. The van der Waals surface area contributed by atoms with Crippen LogP contribution in [0.15, 0.2) is 53.6 Å². The van der Waals surface area contributed by atoms with Gasteiger partial charge in [-0.3, -0.25) is 4.79 Å². The Balaban J connectivity index is 1.80. The number of aryl methyl sites for hydroxylation is 2. The van der Waals surface area contributed by atoms with E-state index < -0.39 is 6.23 Å². The fourth-order valence-corrected chi connectivity index (χ4v) is 3.27. The van der Waals surface area contributed by atoms with E-state index in [9.17, 15) is 4.79 Å². The summed E-state index contributed by atoms with van der Waals surface area (Å²) in [4.78, 5) is 15.5. The molecular weight excluding hydrogens is 314 g/mol. The molecule has 1 aromatic heterocycles. The van der Waals surface area contributed by atoms with Crippen LogP contribution < -0.4 is 0 Å². The van der Waals surface area contributed by atoms with Gasteiger partial charge in [0.15, 0.2) is 0 Å². The lowest BCUT2D eigenvalue weighted by molar-refractivity contribution is -0.135. The minimum Gasteiger partial charge on any atom is -0.446 e. The Morgan fingerprint density at radius 2 is 1.96 bits per heavy atom. The second-order valence-corrected chi connectivity index (χ2v) is 6.32. The summed E-state index contributed by atoms with van der Waals surface area (Å²) in [5.41, 5.74) is 4.91. The van der Waals surface area contributed by atoms with Crippen molar-refractivity contribution in [2.45, 2.75) is 27.0 Å². The quantitative estimate of drug-likeness (QED) is 0.770. The van der Waals surface area contributed by atoms with Gasteiger partial charge >= 0.3 is 0 Å². The summed E-state index contributed by atoms with van der Waals surface area (Å²) < 4.78 is 6.14. The number of carbonyl (C=O) groups is 1. The van der Waals surface area contributed by atoms with Gasteiger partial charge in [-0.1, -0.05) is 35.9 Å². The molecule has 0 aliphatic carbocycles. The third-order valence-corrected chi connectivity index (χ3v) is 4.42. The summed E-state index contributed by atoms with van der Waals surface area (Å²) in [6.45, 7) is 5.51. The minimum atomic E-state index is -0.566. The molecule has 2 aromatic carbocycles. The zero-order chi connectivity index (χ0) is 17.6. The molecule has 0 bridgehead atoms. The first-order valence-electron chi connectivity index (χ1n) is 8.24. The fourth-order valence-electron chi connectivity index (χ4n) is 3.27. The molecule has 25 heavy (non-hydrogen) atoms. The van der Waals surface area contributed by atoms with Gasteiger partial charge in [0.2, 0.25) is 18.0 Å². The zero-order valence-corrected chi connectivity index (χ0v) is 14.4. The highest BCUT2D eigenvalue weighted by Gasteiger charge is 2.35. The zero-order valence-electron chi connectivity index (χ0n) is 14.4. The number of amides is 1. The van der Waals surface area contributed by atoms with E-state index in [2.05, 4.69) is 10.1 Å². The van der Waals surface area contributed by atoms with Gasteiger partial charge in [0.05, 0.1) is 0 Å². The van der Waals surface area contributed by atoms with E-state index in [1.165, 1.54) is 11.9 Å². The van der Waals surface area contributed by atoms with Crippen molar-refractivity contribution in [1.29, 1.82) is 0 Å². The van der Waals surface area contributed by atoms with E-state index in [-0.39, 0.29) is 5.91 Å². The molecular formula is C20H19N3O2. The first-order valence-corrected chi connectivity index (χ1v) is 8.24. The summed E-state index contributed by atoms with van der Waals surface area (Å²) in [5, 5.41) is 6.90. The second kappa shape index (κ2) is 5.77. The average molecular weight is 333 g/mol. The van der Waals surface area contributed by atoms with E-state index in [4.69, 9.17) is 4.74 Å². The molecule has 5 nitrogen and oxygen atoms in total. The predicted octanol–water partition coefficient (Wildman–Crippen LogP) is 4.02. The van der Waals surface area contributed by atoms with Gasteiger partial charge in [-0.2, -0.15) is 5.01 Å². The summed E-state index contributed by atoms with van der Waals surface area (Å²) >= 11 is 0. The van der Waals surface area contributed by atoms with Crippen molar-refractivity contribution in [3.05, 3.63) is 70.9 Å². The lowest BCUT2D eigenvalue weighted by atomic mass is 10.1. The highest BCUT2D eigenvalue weighted by Crippen LogP contribution is 2.36. The maximum Gasteiger partial charge on any atom is 0.243 e. The van der Waals surface area contributed by atoms with Gasteiger partial charge in [0, 0.05) is 34.6 Å². The Bertz CT molecular complexity index is 1000. The van der Waals surface area contributed by atoms with Crippen LogP contribution in [0, 0.1) is 13.8 Å². The van der Waals surface area contributed by atoms with E-state index in [0.29, 0.717) is 5.90 Å². The predicted molar refractivity (Wildman–Crippen MR) is 97.1 cm³/mol. The van der Waals surface area contributed by atoms with Gasteiger partial charge in [-0.25, -0.2) is 0 Å². The molecule has 1 atom stereocenters. The number of ether oxygens (including phenoxy) is 1. The number of carbonyl (C=O) groups excluding carboxylic acids is 1. The van der Waals surface area contributed by atoms with Gasteiger partial charge < -0.3 is 9.72 Å². The molecule has 0 saturated heterocycles. The van der Waals surface area contributed by atoms with Gasteiger partial charge in [-0.15, -0.1) is 5.10 Å². The van der Waals surface area contributed by atoms with Crippen LogP contribution >= 0.6 is 0 Å². The van der Waals surface area contributed by atoms with Crippen molar-refractivity contribution < 1.29 is 9.53 Å². The van der Waals surface area contributed by atoms with E-state index in [0.717, 1.165) is 33.3 Å². The molecule has 0 fully saturated rings. The number of aromatic amines is 1. The third-order valence-electron chi connectivity index (χ3n) is 4.42. The molecule has 0 unspecified atom stereocenters. The average Bonchev–Trinajstić information content (AvgIpc) is 3.15. The minimum absolute atomic E-state index is 0.155. The molecule has 0 spiro atoms. The highest BCUT2D eigenvalue weighted by molar-refractivity contribution is 5.97. The van der Waals surface area contributed by atoms with Crippen LogP contribution in [-0.4, -0.2) is 21.8 Å². The number of benzene rings is 2. The van der Waals surface area contributed by atoms with Crippen LogP contribution in [0.3, 0.4) is 0 Å². The maximum atomic E-state index is 12.2. The smallest absolute Gasteiger partial charge is 0.243 e. The molecule has 1 aliphatic heterocycles. The first kappa shape index (κ1) is 15.4. The van der Waals surface area contributed by atoms with Crippen LogP contribution in [-0.2, 0) is 9.53 Å². The molecule has 3 aromatic rings. The van der Waals surface area contributed by atoms with E-state index in [1.54, 1.807) is 0 Å². The number of rotatable bonds is 2. The number of aromatic nitrogens is 1. The maximum absolute atomic E-state index is 12.2. The lowest BCUT2D eigenvalue weighted by Crippen LogP contribution is -2.25. The molecule has 5 heteroatoms. The Labute approximate surface area is 145 Å². The van der Waals surface area contributed by atoms with Gasteiger partial charge in [0.25, 0.3) is 0 Å². The van der Waals surface area contributed by atoms with Crippen molar-refractivity contribution in [3.63, 3.8) is 0 Å². The van der Waals surface area contributed by atoms with Crippen molar-refractivity contribution in [2.24, 2.45) is 5.10 Å². The van der Waals surface area contributed by atoms with E-state index >= 15 is 0 Å². The molecule has 4 rings (SSSR count). The topological polar surface area (TPSA) is 57.7 Å². The number of nitrogens with zero attached hydrogens (tertiary/aromatic N) is 2. The largest absolute Gasteiger partial charge is 0.446 e. The number of para-hydroxylation sites is 1. The highest BCUT2D eigenvalue weighted by atomic mass is 16.5. The van der Waals surface area contributed by atoms with Crippen molar-refractivity contribution in [2.75, 3.05) is 0 Å². The molecule has 0 saturated carbocycles. The van der Waals surface area contributed by atoms with Crippen LogP contribution in [0.25, 0.3) is 10.9 Å². The number of hydrogen-bond donors (Lipinski definition) is 1. The molecule has 0 radical (unpaired) electrons. The Kier molecular flexibility index (Phi) is 3.57. The van der Waals surface area contributed by atoms with Crippen molar-refractivity contribution in [3.8, 4) is 0 Å². The number of H-pyrrole nitrogens is 1. The second-order valence-electron chi connectivity index (χ2n) is 6.32. The monoisotopic (exact) mass is 333 g/mol.